The van der Waals surface area contributed by atoms with Gasteiger partial charge in [0, 0.05) is 19.3 Å². The molecule has 0 amide bonds. The molecule has 0 aliphatic heterocycles. The Kier molecular flexibility index (Phi) is 4.36. The molecule has 0 unspecified atom stereocenters. The molecule has 0 aliphatic carbocycles. The molecule has 8 heavy (non-hydrogen) atoms. The number of likely N-dealkylation sites (N-methyl/N-ethyl adjacent to an activating group) is 2. The third kappa shape index (κ3) is 2.64. The topological polar surface area (TPSA) is 24.1 Å². The van der Waals surface area contributed by atoms with Gasteiger partial charge in [0.2, 0.25) is 0 Å². The van der Waals surface area contributed by atoms with Gasteiger partial charge in [-0.2, -0.15) is 0 Å². The van der Waals surface area contributed by atoms with Crippen molar-refractivity contribution in [2.45, 2.75) is 6.92 Å². The maximum absolute atomic E-state index is 3.05. The predicted molar refractivity (Wildman–Crippen MR) is 36.7 cm³/mol. The first-order chi connectivity index (χ1) is 3.85. The highest BCUT2D eigenvalue weighted by molar-refractivity contribution is 4.97. The number of hydrogen-bond acceptors (Lipinski definition) is 2. The Bertz CT molecular complexity index is 76.6. The summed E-state index contributed by atoms with van der Waals surface area (Å²) in [7, 11) is 3.85. The van der Waals surface area contributed by atoms with E-state index in [4.69, 9.17) is 0 Å². The van der Waals surface area contributed by atoms with Gasteiger partial charge in [0.1, 0.15) is 0 Å². The van der Waals surface area contributed by atoms with Gasteiger partial charge in [-0.15, -0.1) is 0 Å². The van der Waals surface area contributed by atoms with Crippen molar-refractivity contribution in [2.24, 2.45) is 0 Å². The molecule has 0 aromatic heterocycles. The van der Waals surface area contributed by atoms with Crippen molar-refractivity contribution in [1.82, 2.24) is 10.6 Å². The smallest absolute Gasteiger partial charge is 0.0348 e. The van der Waals surface area contributed by atoms with Gasteiger partial charge in [0.15, 0.2) is 0 Å². The van der Waals surface area contributed by atoms with E-state index in [9.17, 15) is 0 Å². The van der Waals surface area contributed by atoms with Crippen LogP contribution in [0.2, 0.25) is 0 Å². The van der Waals surface area contributed by atoms with Gasteiger partial charge in [-0.25, -0.2) is 0 Å². The maximum atomic E-state index is 3.05. The Balaban J connectivity index is 3.38. The number of hydrogen-bond donors (Lipinski definition) is 2. The summed E-state index contributed by atoms with van der Waals surface area (Å²) >= 11 is 0. The highest BCUT2D eigenvalue weighted by Crippen LogP contribution is 1.80. The van der Waals surface area contributed by atoms with E-state index in [0.717, 1.165) is 6.54 Å². The largest absolute Gasteiger partial charge is 0.391 e. The average molecular weight is 114 g/mol. The predicted octanol–water partition coefficient (Wildman–Crippen LogP) is 0.329. The first-order valence-corrected chi connectivity index (χ1v) is 2.82. The second kappa shape index (κ2) is 4.65. The molecule has 2 heteroatoms. The van der Waals surface area contributed by atoms with E-state index < -0.39 is 0 Å². The minimum absolute atomic E-state index is 0.924. The number of nitrogens with one attached hydrogen (secondary N) is 2. The fourth-order valence-electron chi connectivity index (χ4n) is 0.525. The summed E-state index contributed by atoms with van der Waals surface area (Å²) in [5, 5.41) is 6.09. The molecule has 0 spiro atoms. The maximum Gasteiger partial charge on any atom is 0.0348 e. The van der Waals surface area contributed by atoms with Crippen molar-refractivity contribution < 1.29 is 0 Å². The fraction of sp³-hybridized carbons (Fsp3) is 0.667. The molecule has 2 N–H and O–H groups in total. The van der Waals surface area contributed by atoms with Gasteiger partial charge in [-0.3, -0.25) is 0 Å². The lowest BCUT2D eigenvalue weighted by molar-refractivity contribution is 0.808. The van der Waals surface area contributed by atoms with Gasteiger partial charge in [-0.05, 0) is 14.0 Å². The van der Waals surface area contributed by atoms with E-state index in [1.807, 2.05) is 21.0 Å². The molecule has 0 fully saturated rings. The Morgan fingerprint density at radius 2 is 2.12 bits per heavy atom. The molecule has 0 saturated carbocycles. The lowest BCUT2D eigenvalue weighted by Gasteiger charge is -2.02. The van der Waals surface area contributed by atoms with Crippen molar-refractivity contribution in [1.29, 1.82) is 0 Å². The Hall–Kier alpha value is -0.500. The van der Waals surface area contributed by atoms with E-state index in [1.165, 1.54) is 5.70 Å². The molecule has 2 nitrogen and oxygen atoms in total. The summed E-state index contributed by atoms with van der Waals surface area (Å²) < 4.78 is 0. The van der Waals surface area contributed by atoms with Crippen molar-refractivity contribution in [3.8, 4) is 0 Å². The van der Waals surface area contributed by atoms with Crippen LogP contribution in [-0.4, -0.2) is 20.6 Å². The van der Waals surface area contributed by atoms with Crippen LogP contribution in [0.3, 0.4) is 0 Å². The van der Waals surface area contributed by atoms with Crippen LogP contribution in [0, 0.1) is 0 Å². The zero-order valence-corrected chi connectivity index (χ0v) is 5.78. The summed E-state index contributed by atoms with van der Waals surface area (Å²) in [4.78, 5) is 0. The normalized spacial score (nSPS) is 11.6. The molecule has 0 heterocycles. The van der Waals surface area contributed by atoms with Crippen molar-refractivity contribution in [3.63, 3.8) is 0 Å². The quantitative estimate of drug-likeness (QED) is 0.552. The lowest BCUT2D eigenvalue weighted by Crippen LogP contribution is -2.18. The molecule has 0 atom stereocenters. The third-order valence-corrected chi connectivity index (χ3v) is 1.04. The van der Waals surface area contributed by atoms with Crippen LogP contribution in [0.15, 0.2) is 11.8 Å². The van der Waals surface area contributed by atoms with E-state index in [2.05, 4.69) is 16.7 Å². The second-order valence-electron chi connectivity index (χ2n) is 1.59. The second-order valence-corrected chi connectivity index (χ2v) is 1.59. The minimum Gasteiger partial charge on any atom is -0.391 e. The monoisotopic (exact) mass is 114 g/mol. The highest BCUT2D eigenvalue weighted by atomic mass is 14.9. The lowest BCUT2D eigenvalue weighted by atomic mass is 10.4. The molecule has 48 valence electrons. The first-order valence-electron chi connectivity index (χ1n) is 2.82. The van der Waals surface area contributed by atoms with Gasteiger partial charge >= 0.3 is 0 Å². The minimum atomic E-state index is 0.924. The Labute approximate surface area is 51.0 Å². The van der Waals surface area contributed by atoms with Gasteiger partial charge in [0.25, 0.3) is 0 Å². The molecule has 0 aromatic rings. The SMILES string of the molecule is CC=C(CNC)NC. The van der Waals surface area contributed by atoms with Crippen LogP contribution < -0.4 is 10.6 Å². The Morgan fingerprint density at radius 1 is 1.50 bits per heavy atom. The molecule has 0 aromatic carbocycles. The number of allylic oxidation sites excluding steroid dienone is 1. The van der Waals surface area contributed by atoms with E-state index in [1.54, 1.807) is 0 Å². The van der Waals surface area contributed by atoms with E-state index in [0.29, 0.717) is 0 Å². The molecular weight excluding hydrogens is 100 g/mol. The van der Waals surface area contributed by atoms with Gasteiger partial charge in [-0.1, -0.05) is 6.08 Å². The summed E-state index contributed by atoms with van der Waals surface area (Å²) in [5.74, 6) is 0. The number of rotatable bonds is 3. The van der Waals surface area contributed by atoms with Crippen LogP contribution in [0.25, 0.3) is 0 Å². The first kappa shape index (κ1) is 7.50. The van der Waals surface area contributed by atoms with Gasteiger partial charge in [0.05, 0.1) is 0 Å². The summed E-state index contributed by atoms with van der Waals surface area (Å²) in [5.41, 5.74) is 1.23. The van der Waals surface area contributed by atoms with E-state index >= 15 is 0 Å². The standard InChI is InChI=1S/C6H14N2/c1-4-6(8-3)5-7-2/h4,7-8H,5H2,1-3H3. The van der Waals surface area contributed by atoms with Crippen molar-refractivity contribution >= 4 is 0 Å². The molecule has 0 rings (SSSR count). The van der Waals surface area contributed by atoms with Crippen LogP contribution in [0.5, 0.6) is 0 Å². The van der Waals surface area contributed by atoms with Crippen LogP contribution in [-0.2, 0) is 0 Å². The highest BCUT2D eigenvalue weighted by Gasteiger charge is 1.84. The fourth-order valence-corrected chi connectivity index (χ4v) is 0.525. The zero-order chi connectivity index (χ0) is 6.41. The van der Waals surface area contributed by atoms with Crippen molar-refractivity contribution in [2.75, 3.05) is 20.6 Å². The van der Waals surface area contributed by atoms with Crippen LogP contribution >= 0.6 is 0 Å². The molecule has 0 radical (unpaired) electrons. The summed E-state index contributed by atoms with van der Waals surface area (Å²) in [6.45, 7) is 2.94. The summed E-state index contributed by atoms with van der Waals surface area (Å²) in [6.07, 6.45) is 2.05. The molecule has 0 saturated heterocycles. The van der Waals surface area contributed by atoms with Crippen molar-refractivity contribution in [3.05, 3.63) is 11.8 Å². The van der Waals surface area contributed by atoms with E-state index in [-0.39, 0.29) is 0 Å². The summed E-state index contributed by atoms with van der Waals surface area (Å²) in [6, 6.07) is 0. The molecule has 0 aliphatic rings. The molecular formula is C6H14N2. The van der Waals surface area contributed by atoms with Crippen LogP contribution in [0.4, 0.5) is 0 Å². The average Bonchev–Trinajstić information content (AvgIpc) is 1.83. The molecule has 0 bridgehead atoms. The van der Waals surface area contributed by atoms with Gasteiger partial charge < -0.3 is 10.6 Å². The third-order valence-electron chi connectivity index (χ3n) is 1.04. The van der Waals surface area contributed by atoms with Crippen LogP contribution in [0.1, 0.15) is 6.92 Å². The zero-order valence-electron chi connectivity index (χ0n) is 5.78. The Morgan fingerprint density at radius 3 is 2.25 bits per heavy atom.